The van der Waals surface area contributed by atoms with Gasteiger partial charge >= 0.3 is 17.9 Å². The molecular weight excluding hydrogens is 528 g/mol. The van der Waals surface area contributed by atoms with Gasteiger partial charge in [0.05, 0.1) is 11.1 Å². The van der Waals surface area contributed by atoms with Gasteiger partial charge in [-0.1, -0.05) is 85.9 Å². The molecule has 1 aliphatic carbocycles. The van der Waals surface area contributed by atoms with E-state index in [2.05, 4.69) is 43.4 Å². The fourth-order valence-corrected chi connectivity index (χ4v) is 5.38. The summed E-state index contributed by atoms with van der Waals surface area (Å²) in [5, 5.41) is 0. The third-order valence-electron chi connectivity index (χ3n) is 7.55. The van der Waals surface area contributed by atoms with Gasteiger partial charge in [0, 0.05) is 24.7 Å². The van der Waals surface area contributed by atoms with Crippen molar-refractivity contribution in [1.29, 1.82) is 0 Å². The molecule has 1 unspecified atom stereocenters. The summed E-state index contributed by atoms with van der Waals surface area (Å²) in [6.07, 6.45) is 20.1. The first kappa shape index (κ1) is 30.8. The number of benzene rings is 2. The maximum Gasteiger partial charge on any atom is 0.338 e. The van der Waals surface area contributed by atoms with Gasteiger partial charge in [0.25, 0.3) is 0 Å². The van der Waals surface area contributed by atoms with Crippen molar-refractivity contribution in [1.82, 2.24) is 0 Å². The maximum absolute atomic E-state index is 13.1. The molecule has 0 bridgehead atoms. The van der Waals surface area contributed by atoms with Crippen LogP contribution >= 0.6 is 0 Å². The summed E-state index contributed by atoms with van der Waals surface area (Å²) in [4.78, 5) is 37.9. The summed E-state index contributed by atoms with van der Waals surface area (Å²) in [6.45, 7) is 2.12. The van der Waals surface area contributed by atoms with Crippen LogP contribution in [0.3, 0.4) is 0 Å². The minimum Gasteiger partial charge on any atom is -0.458 e. The molecule has 5 atom stereocenters. The second-order valence-electron chi connectivity index (χ2n) is 10.6. The molecule has 6 heteroatoms. The number of hydrogen-bond donors (Lipinski definition) is 0. The van der Waals surface area contributed by atoms with E-state index in [0.717, 1.165) is 19.3 Å². The van der Waals surface area contributed by atoms with Crippen LogP contribution in [-0.4, -0.2) is 36.2 Å². The van der Waals surface area contributed by atoms with Gasteiger partial charge in [0.1, 0.15) is 18.3 Å². The van der Waals surface area contributed by atoms with Crippen LogP contribution in [0, 0.1) is 11.8 Å². The largest absolute Gasteiger partial charge is 0.458 e. The zero-order valence-corrected chi connectivity index (χ0v) is 24.2. The van der Waals surface area contributed by atoms with E-state index in [9.17, 15) is 14.4 Å². The summed E-state index contributed by atoms with van der Waals surface area (Å²) in [6, 6.07) is 17.8. The molecule has 2 aromatic rings. The van der Waals surface area contributed by atoms with E-state index in [1.54, 1.807) is 48.5 Å². The Morgan fingerprint density at radius 1 is 0.786 bits per heavy atom. The fourth-order valence-electron chi connectivity index (χ4n) is 5.38. The van der Waals surface area contributed by atoms with Crippen molar-refractivity contribution in [2.24, 2.45) is 11.8 Å². The smallest absolute Gasteiger partial charge is 0.338 e. The lowest BCUT2D eigenvalue weighted by molar-refractivity contribution is -0.140. The van der Waals surface area contributed by atoms with E-state index in [-0.39, 0.29) is 23.9 Å². The molecule has 2 aromatic carbocycles. The van der Waals surface area contributed by atoms with Crippen LogP contribution in [0.2, 0.25) is 0 Å². The zero-order chi connectivity index (χ0) is 29.6. The fraction of sp³-hybridized carbons (Fsp3) is 0.361. The molecule has 220 valence electrons. The molecule has 2 fully saturated rings. The molecule has 0 amide bonds. The van der Waals surface area contributed by atoms with E-state index in [1.165, 1.54) is 0 Å². The van der Waals surface area contributed by atoms with Gasteiger partial charge in [-0.3, -0.25) is 4.79 Å². The van der Waals surface area contributed by atoms with Crippen LogP contribution in [0.4, 0.5) is 0 Å². The first-order chi connectivity index (χ1) is 20.5. The molecule has 0 N–H and O–H groups in total. The molecule has 4 rings (SSSR count). The standard InChI is InChI=1S/C36H40O6/c1-2-3-4-5-6-7-8-9-16-21-30-31(24-22-29-23-25-34(37)40-29)33(42-36(39)28-19-14-11-15-20-28)26-32(30)41-35(38)27-17-12-10-13-18-27/h3-4,6-7,9-20,22,24,29-33H,2,5,8,21,23,25-26H2,1H3/b4-3-,7-6-,16-9-,24-22+/t29?,30-,31+,32-,33+/m1/s1. The first-order valence-corrected chi connectivity index (χ1v) is 14.9. The number of carbonyl (C=O) groups excluding carboxylic acids is 3. The van der Waals surface area contributed by atoms with Crippen molar-refractivity contribution >= 4 is 17.9 Å². The second kappa shape index (κ2) is 16.3. The second-order valence-corrected chi connectivity index (χ2v) is 10.6. The lowest BCUT2D eigenvalue weighted by Gasteiger charge is -2.23. The number of rotatable bonds is 13. The summed E-state index contributed by atoms with van der Waals surface area (Å²) >= 11 is 0. The molecule has 1 heterocycles. The Balaban J connectivity index is 1.54. The Labute approximate surface area is 248 Å². The monoisotopic (exact) mass is 568 g/mol. The molecular formula is C36H40O6. The third-order valence-corrected chi connectivity index (χ3v) is 7.55. The number of ether oxygens (including phenoxy) is 3. The SMILES string of the molecule is CC/C=C\C/C=C\C/C=C\C[C@@H]1[C@H](/C=C/C2CCC(=O)O2)[C@@H](OC(=O)c2ccccc2)C[C@H]1OC(=O)c1ccccc1. The van der Waals surface area contributed by atoms with Gasteiger partial charge in [-0.15, -0.1) is 0 Å². The predicted molar refractivity (Wildman–Crippen MR) is 163 cm³/mol. The van der Waals surface area contributed by atoms with Gasteiger partial charge in [0.2, 0.25) is 0 Å². The normalized spacial score (nSPS) is 24.2. The molecule has 2 aliphatic rings. The minimum absolute atomic E-state index is 0.132. The van der Waals surface area contributed by atoms with Crippen molar-refractivity contribution < 1.29 is 28.6 Å². The molecule has 1 saturated heterocycles. The number of hydrogen-bond acceptors (Lipinski definition) is 6. The third kappa shape index (κ3) is 9.16. The number of allylic oxidation sites excluding steroid dienone is 6. The molecule has 6 nitrogen and oxygen atoms in total. The highest BCUT2D eigenvalue weighted by Gasteiger charge is 2.46. The van der Waals surface area contributed by atoms with Gasteiger partial charge in [-0.2, -0.15) is 0 Å². The van der Waals surface area contributed by atoms with Crippen molar-refractivity contribution in [3.05, 3.63) is 120 Å². The lowest BCUT2D eigenvalue weighted by Crippen LogP contribution is -2.26. The van der Waals surface area contributed by atoms with Gasteiger partial charge in [-0.25, -0.2) is 9.59 Å². The highest BCUT2D eigenvalue weighted by atomic mass is 16.6. The minimum atomic E-state index is -0.511. The number of carbonyl (C=O) groups is 3. The van der Waals surface area contributed by atoms with Gasteiger partial charge in [-0.05, 0) is 62.4 Å². The summed E-state index contributed by atoms with van der Waals surface area (Å²) in [5.74, 6) is -1.40. The molecule has 0 spiro atoms. The predicted octanol–water partition coefficient (Wildman–Crippen LogP) is 7.58. The summed E-state index contributed by atoms with van der Waals surface area (Å²) < 4.78 is 17.5. The van der Waals surface area contributed by atoms with Crippen LogP contribution in [0.5, 0.6) is 0 Å². The van der Waals surface area contributed by atoms with E-state index < -0.39 is 24.1 Å². The molecule has 42 heavy (non-hydrogen) atoms. The van der Waals surface area contributed by atoms with Gasteiger partial charge in [0.15, 0.2) is 0 Å². The lowest BCUT2D eigenvalue weighted by atomic mass is 9.89. The highest BCUT2D eigenvalue weighted by Crippen LogP contribution is 2.41. The Bertz CT molecular complexity index is 1280. The van der Waals surface area contributed by atoms with Crippen LogP contribution in [0.1, 0.15) is 72.6 Å². The highest BCUT2D eigenvalue weighted by molar-refractivity contribution is 5.90. The van der Waals surface area contributed by atoms with Crippen molar-refractivity contribution in [3.63, 3.8) is 0 Å². The molecule has 0 aromatic heterocycles. The van der Waals surface area contributed by atoms with Crippen LogP contribution in [0.15, 0.2) is 109 Å². The number of esters is 3. The molecule has 0 radical (unpaired) electrons. The maximum atomic E-state index is 13.1. The van der Waals surface area contributed by atoms with E-state index in [0.29, 0.717) is 36.8 Å². The van der Waals surface area contributed by atoms with E-state index >= 15 is 0 Å². The van der Waals surface area contributed by atoms with Crippen molar-refractivity contribution in [2.45, 2.75) is 70.2 Å². The Morgan fingerprint density at radius 2 is 1.36 bits per heavy atom. The molecule has 1 aliphatic heterocycles. The Hall–Kier alpha value is -4.19. The first-order valence-electron chi connectivity index (χ1n) is 14.9. The van der Waals surface area contributed by atoms with Crippen LogP contribution in [0.25, 0.3) is 0 Å². The average molecular weight is 569 g/mol. The summed E-state index contributed by atoms with van der Waals surface area (Å²) in [5.41, 5.74) is 0.940. The number of cyclic esters (lactones) is 1. The van der Waals surface area contributed by atoms with Crippen molar-refractivity contribution in [3.8, 4) is 0 Å². The van der Waals surface area contributed by atoms with Gasteiger partial charge < -0.3 is 14.2 Å². The topological polar surface area (TPSA) is 78.9 Å². The van der Waals surface area contributed by atoms with E-state index in [1.807, 2.05) is 24.3 Å². The Kier molecular flexibility index (Phi) is 11.9. The van der Waals surface area contributed by atoms with Crippen LogP contribution in [-0.2, 0) is 19.0 Å². The van der Waals surface area contributed by atoms with E-state index in [4.69, 9.17) is 14.2 Å². The average Bonchev–Trinajstić information content (AvgIpc) is 3.57. The molecule has 1 saturated carbocycles. The summed E-state index contributed by atoms with van der Waals surface area (Å²) in [7, 11) is 0. The zero-order valence-electron chi connectivity index (χ0n) is 24.2. The quantitative estimate of drug-likeness (QED) is 0.141. The van der Waals surface area contributed by atoms with Crippen molar-refractivity contribution in [2.75, 3.05) is 0 Å². The Morgan fingerprint density at radius 3 is 1.93 bits per heavy atom. The van der Waals surface area contributed by atoms with Crippen LogP contribution < -0.4 is 0 Å².